The van der Waals surface area contributed by atoms with Gasteiger partial charge in [0.15, 0.2) is 0 Å². The Balaban J connectivity index is 2.67. The molecule has 1 N–H and O–H groups in total. The molecule has 1 fully saturated rings. The summed E-state index contributed by atoms with van der Waals surface area (Å²) in [6.45, 7) is 12.2. The maximum Gasteiger partial charge on any atom is 0.0506 e. The minimum absolute atomic E-state index is 0.350. The van der Waals surface area contributed by atoms with Crippen molar-refractivity contribution in [1.29, 1.82) is 0 Å². The third-order valence-corrected chi connectivity index (χ3v) is 5.99. The molecule has 3 atom stereocenters. The molecule has 1 aliphatic rings. The summed E-state index contributed by atoms with van der Waals surface area (Å²) in [5.74, 6) is 1.38. The van der Waals surface area contributed by atoms with Gasteiger partial charge in [0.05, 0.1) is 5.25 Å². The molecule has 0 amide bonds. The van der Waals surface area contributed by atoms with E-state index in [4.69, 9.17) is 0 Å². The Morgan fingerprint density at radius 1 is 1.39 bits per heavy atom. The summed E-state index contributed by atoms with van der Waals surface area (Å²) in [6, 6.07) is 0.470. The second kappa shape index (κ2) is 7.04. The molecule has 18 heavy (non-hydrogen) atoms. The van der Waals surface area contributed by atoms with Crippen molar-refractivity contribution in [3.8, 4) is 0 Å². The SMILES string of the molecule is CCCNC1CCC(C)(C)CC1S(=O)CC(C)C. The smallest absolute Gasteiger partial charge is 0.0506 e. The lowest BCUT2D eigenvalue weighted by molar-refractivity contribution is 0.211. The first-order valence-electron chi connectivity index (χ1n) is 7.46. The van der Waals surface area contributed by atoms with Crippen molar-refractivity contribution in [2.75, 3.05) is 12.3 Å². The molecule has 3 heteroatoms. The molecule has 0 aromatic carbocycles. The first kappa shape index (κ1) is 16.2. The van der Waals surface area contributed by atoms with Gasteiger partial charge in [-0.15, -0.1) is 0 Å². The molecular weight excluding hydrogens is 242 g/mol. The van der Waals surface area contributed by atoms with Crippen LogP contribution >= 0.6 is 0 Å². The predicted octanol–water partition coefficient (Wildman–Crippen LogP) is 3.34. The highest BCUT2D eigenvalue weighted by Gasteiger charge is 2.37. The molecule has 0 aliphatic heterocycles. The summed E-state index contributed by atoms with van der Waals surface area (Å²) in [4.78, 5) is 0. The zero-order valence-electron chi connectivity index (χ0n) is 12.8. The third-order valence-electron chi connectivity index (χ3n) is 3.83. The van der Waals surface area contributed by atoms with Crippen LogP contribution in [-0.4, -0.2) is 27.8 Å². The van der Waals surface area contributed by atoms with Gasteiger partial charge >= 0.3 is 0 Å². The molecule has 3 unspecified atom stereocenters. The molecule has 0 aromatic heterocycles. The molecule has 108 valence electrons. The van der Waals surface area contributed by atoms with Gasteiger partial charge in [-0.3, -0.25) is 4.21 Å². The molecule has 1 rings (SSSR count). The first-order chi connectivity index (χ1) is 8.35. The van der Waals surface area contributed by atoms with E-state index in [-0.39, 0.29) is 0 Å². The molecule has 0 radical (unpaired) electrons. The van der Waals surface area contributed by atoms with E-state index in [1.165, 1.54) is 12.8 Å². The third kappa shape index (κ3) is 5.00. The van der Waals surface area contributed by atoms with Crippen molar-refractivity contribution in [2.24, 2.45) is 11.3 Å². The van der Waals surface area contributed by atoms with E-state index in [1.54, 1.807) is 0 Å². The Kier molecular flexibility index (Phi) is 6.32. The van der Waals surface area contributed by atoms with Crippen LogP contribution in [-0.2, 0) is 10.8 Å². The van der Waals surface area contributed by atoms with E-state index in [2.05, 4.69) is 39.9 Å². The minimum Gasteiger partial charge on any atom is -0.313 e. The predicted molar refractivity (Wildman–Crippen MR) is 81.3 cm³/mol. The largest absolute Gasteiger partial charge is 0.313 e. The Bertz CT molecular complexity index is 276. The van der Waals surface area contributed by atoms with Gasteiger partial charge in [-0.2, -0.15) is 0 Å². The summed E-state index contributed by atoms with van der Waals surface area (Å²) in [5.41, 5.74) is 0.363. The van der Waals surface area contributed by atoms with Gasteiger partial charge in [0.25, 0.3) is 0 Å². The number of hydrogen-bond donors (Lipinski definition) is 1. The normalized spacial score (nSPS) is 29.4. The maximum atomic E-state index is 12.5. The molecule has 0 heterocycles. The highest BCUT2D eigenvalue weighted by atomic mass is 32.2. The molecule has 0 spiro atoms. The van der Waals surface area contributed by atoms with E-state index < -0.39 is 10.8 Å². The van der Waals surface area contributed by atoms with Crippen LogP contribution < -0.4 is 5.32 Å². The summed E-state index contributed by atoms with van der Waals surface area (Å²) in [7, 11) is -0.679. The molecule has 1 aliphatic carbocycles. The second-order valence-electron chi connectivity index (χ2n) is 6.95. The fourth-order valence-corrected chi connectivity index (χ4v) is 4.95. The topological polar surface area (TPSA) is 29.1 Å². The van der Waals surface area contributed by atoms with Crippen LogP contribution in [0.1, 0.15) is 60.3 Å². The van der Waals surface area contributed by atoms with E-state index in [9.17, 15) is 4.21 Å². The average Bonchev–Trinajstić information content (AvgIpc) is 2.25. The van der Waals surface area contributed by atoms with Crippen LogP contribution in [0.5, 0.6) is 0 Å². The van der Waals surface area contributed by atoms with Gasteiger partial charge in [-0.05, 0) is 43.6 Å². The van der Waals surface area contributed by atoms with Crippen LogP contribution in [0, 0.1) is 11.3 Å². The van der Waals surface area contributed by atoms with Gasteiger partial charge in [0.1, 0.15) is 0 Å². The zero-order valence-corrected chi connectivity index (χ0v) is 13.6. The molecule has 2 nitrogen and oxygen atoms in total. The van der Waals surface area contributed by atoms with E-state index in [0.29, 0.717) is 22.6 Å². The first-order valence-corrected chi connectivity index (χ1v) is 8.84. The van der Waals surface area contributed by atoms with Crippen molar-refractivity contribution < 1.29 is 4.21 Å². The number of rotatable bonds is 6. The summed E-state index contributed by atoms with van der Waals surface area (Å²) < 4.78 is 12.5. The quantitative estimate of drug-likeness (QED) is 0.804. The van der Waals surface area contributed by atoms with Gasteiger partial charge in [-0.25, -0.2) is 0 Å². The lowest BCUT2D eigenvalue weighted by Gasteiger charge is -2.41. The van der Waals surface area contributed by atoms with Gasteiger partial charge in [0.2, 0.25) is 0 Å². The number of nitrogens with one attached hydrogen (secondary N) is 1. The second-order valence-corrected chi connectivity index (χ2v) is 8.65. The average molecular weight is 273 g/mol. The van der Waals surface area contributed by atoms with E-state index in [0.717, 1.165) is 25.1 Å². The van der Waals surface area contributed by atoms with Gasteiger partial charge in [0, 0.05) is 22.6 Å². The molecule has 1 saturated carbocycles. The van der Waals surface area contributed by atoms with Crippen molar-refractivity contribution in [3.63, 3.8) is 0 Å². The summed E-state index contributed by atoms with van der Waals surface area (Å²) >= 11 is 0. The Labute approximate surface area is 116 Å². The number of hydrogen-bond acceptors (Lipinski definition) is 2. The minimum atomic E-state index is -0.679. The summed E-state index contributed by atoms with van der Waals surface area (Å²) in [5, 5.41) is 3.97. The van der Waals surface area contributed by atoms with E-state index in [1.807, 2.05) is 0 Å². The monoisotopic (exact) mass is 273 g/mol. The highest BCUT2D eigenvalue weighted by molar-refractivity contribution is 7.85. The van der Waals surface area contributed by atoms with E-state index >= 15 is 0 Å². The standard InChI is InChI=1S/C15H31NOS/c1-6-9-16-13-7-8-15(4,5)10-14(13)18(17)11-12(2)3/h12-14,16H,6-11H2,1-5H3. The Hall–Kier alpha value is 0.110. The fraction of sp³-hybridized carbons (Fsp3) is 1.00. The lowest BCUT2D eigenvalue weighted by Crippen LogP contribution is -2.49. The summed E-state index contributed by atoms with van der Waals surface area (Å²) in [6.07, 6.45) is 4.70. The maximum absolute atomic E-state index is 12.5. The molecular formula is C15H31NOS. The highest BCUT2D eigenvalue weighted by Crippen LogP contribution is 2.37. The molecule has 0 aromatic rings. The van der Waals surface area contributed by atoms with Crippen molar-refractivity contribution in [3.05, 3.63) is 0 Å². The van der Waals surface area contributed by atoms with Crippen molar-refractivity contribution >= 4 is 10.8 Å². The van der Waals surface area contributed by atoms with Crippen LogP contribution in [0.4, 0.5) is 0 Å². The fourth-order valence-electron chi connectivity index (χ4n) is 2.81. The molecule has 0 bridgehead atoms. The Morgan fingerprint density at radius 3 is 2.61 bits per heavy atom. The van der Waals surface area contributed by atoms with Crippen molar-refractivity contribution in [2.45, 2.75) is 71.6 Å². The van der Waals surface area contributed by atoms with Gasteiger partial charge < -0.3 is 5.32 Å². The van der Waals surface area contributed by atoms with Crippen molar-refractivity contribution in [1.82, 2.24) is 5.32 Å². The zero-order chi connectivity index (χ0) is 13.8. The van der Waals surface area contributed by atoms with Gasteiger partial charge in [-0.1, -0.05) is 34.6 Å². The van der Waals surface area contributed by atoms with Crippen LogP contribution in [0.15, 0.2) is 0 Å². The van der Waals surface area contributed by atoms with Crippen LogP contribution in [0.25, 0.3) is 0 Å². The Morgan fingerprint density at radius 2 is 2.06 bits per heavy atom. The van der Waals surface area contributed by atoms with Crippen LogP contribution in [0.2, 0.25) is 0 Å². The van der Waals surface area contributed by atoms with Crippen LogP contribution in [0.3, 0.4) is 0 Å². The lowest BCUT2D eigenvalue weighted by atomic mass is 9.75. The molecule has 0 saturated heterocycles.